The molecule has 1 aromatic heterocycles. The predicted molar refractivity (Wildman–Crippen MR) is 69.1 cm³/mol. The second-order valence-corrected chi connectivity index (χ2v) is 4.62. The van der Waals surface area contributed by atoms with Gasteiger partial charge in [0, 0.05) is 4.47 Å². The number of benzene rings is 1. The van der Waals surface area contributed by atoms with E-state index in [1.165, 1.54) is 12.1 Å². The maximum Gasteiger partial charge on any atom is 0.360 e. The van der Waals surface area contributed by atoms with Crippen molar-refractivity contribution in [2.45, 2.75) is 0 Å². The van der Waals surface area contributed by atoms with Crippen LogP contribution in [0.3, 0.4) is 0 Å². The van der Waals surface area contributed by atoms with Gasteiger partial charge in [-0.2, -0.15) is 0 Å². The summed E-state index contributed by atoms with van der Waals surface area (Å²) < 4.78 is 23.8. The molecule has 2 rings (SSSR count). The summed E-state index contributed by atoms with van der Waals surface area (Å²) in [5.41, 5.74) is 4.76. The summed E-state index contributed by atoms with van der Waals surface area (Å²) in [5.74, 6) is -2.29. The van der Waals surface area contributed by atoms with E-state index in [0.717, 1.165) is 6.26 Å². The highest BCUT2D eigenvalue weighted by molar-refractivity contribution is 9.10. The van der Waals surface area contributed by atoms with E-state index in [-0.39, 0.29) is 17.1 Å². The van der Waals surface area contributed by atoms with Crippen LogP contribution in [-0.2, 0) is 9.53 Å². The van der Waals surface area contributed by atoms with E-state index < -0.39 is 24.3 Å². The van der Waals surface area contributed by atoms with E-state index in [1.807, 2.05) is 0 Å². The summed E-state index contributed by atoms with van der Waals surface area (Å²) >= 11 is 3.12. The van der Waals surface area contributed by atoms with Crippen LogP contribution in [0.1, 0.15) is 10.5 Å². The number of hydrogen-bond donors (Lipinski definition) is 1. The molecule has 1 heterocycles. The van der Waals surface area contributed by atoms with Crippen molar-refractivity contribution in [3.05, 3.63) is 40.4 Å². The Hall–Kier alpha value is -2.22. The van der Waals surface area contributed by atoms with Gasteiger partial charge in [0.05, 0.1) is 5.56 Å². The molecule has 0 aliphatic rings. The number of nitrogens with zero attached hydrogens (tertiary/aromatic N) is 1. The number of oxazole rings is 1. The minimum Gasteiger partial charge on any atom is -0.451 e. The first-order valence-corrected chi connectivity index (χ1v) is 6.13. The monoisotopic (exact) mass is 342 g/mol. The predicted octanol–water partition coefficient (Wildman–Crippen LogP) is 1.89. The number of rotatable bonds is 4. The van der Waals surface area contributed by atoms with Gasteiger partial charge in [-0.05, 0) is 18.2 Å². The van der Waals surface area contributed by atoms with Crippen molar-refractivity contribution in [3.63, 3.8) is 0 Å². The molecule has 0 radical (unpaired) electrons. The standard InChI is InChI=1S/C12H8BrFN2O4/c13-6-1-2-7(8(14)3-6)11-16-9(4-19-11)12(18)20-5-10(15)17/h1-4H,5H2,(H2,15,17). The van der Waals surface area contributed by atoms with Crippen LogP contribution < -0.4 is 5.73 Å². The van der Waals surface area contributed by atoms with E-state index in [4.69, 9.17) is 10.2 Å². The number of nitrogens with two attached hydrogens (primary N) is 1. The molecule has 104 valence electrons. The molecule has 0 saturated heterocycles. The molecule has 0 fully saturated rings. The van der Waals surface area contributed by atoms with Gasteiger partial charge in [0.1, 0.15) is 12.1 Å². The topological polar surface area (TPSA) is 95.4 Å². The SMILES string of the molecule is NC(=O)COC(=O)c1coc(-c2ccc(Br)cc2F)n1. The number of hydrogen-bond acceptors (Lipinski definition) is 5. The molecule has 2 N–H and O–H groups in total. The lowest BCUT2D eigenvalue weighted by atomic mass is 10.2. The molecular weight excluding hydrogens is 335 g/mol. The third-order valence-electron chi connectivity index (χ3n) is 2.22. The average molecular weight is 343 g/mol. The zero-order valence-electron chi connectivity index (χ0n) is 9.93. The third kappa shape index (κ3) is 3.21. The van der Waals surface area contributed by atoms with E-state index in [1.54, 1.807) is 6.07 Å². The number of ether oxygens (including phenoxy) is 1. The second kappa shape index (κ2) is 5.83. The summed E-state index contributed by atoms with van der Waals surface area (Å²) in [6.45, 7) is -0.562. The van der Waals surface area contributed by atoms with Gasteiger partial charge in [-0.3, -0.25) is 4.79 Å². The molecule has 8 heteroatoms. The van der Waals surface area contributed by atoms with E-state index in [0.29, 0.717) is 4.47 Å². The van der Waals surface area contributed by atoms with Crippen LogP contribution in [0.5, 0.6) is 0 Å². The first-order valence-electron chi connectivity index (χ1n) is 5.33. The van der Waals surface area contributed by atoms with Crippen molar-refractivity contribution in [3.8, 4) is 11.5 Å². The summed E-state index contributed by atoms with van der Waals surface area (Å²) in [7, 11) is 0. The fourth-order valence-electron chi connectivity index (χ4n) is 1.36. The van der Waals surface area contributed by atoms with Crippen molar-refractivity contribution in [2.75, 3.05) is 6.61 Å². The number of carbonyl (C=O) groups is 2. The Balaban J connectivity index is 2.20. The molecule has 0 aliphatic carbocycles. The van der Waals surface area contributed by atoms with Crippen molar-refractivity contribution >= 4 is 27.8 Å². The number of primary amides is 1. The Morgan fingerprint density at radius 1 is 1.45 bits per heavy atom. The lowest BCUT2D eigenvalue weighted by molar-refractivity contribution is -0.121. The number of halogens is 2. The largest absolute Gasteiger partial charge is 0.451 e. The van der Waals surface area contributed by atoms with Gasteiger partial charge in [-0.25, -0.2) is 14.2 Å². The lowest BCUT2D eigenvalue weighted by Gasteiger charge is -1.99. The van der Waals surface area contributed by atoms with Gasteiger partial charge in [0.25, 0.3) is 5.91 Å². The first-order chi connectivity index (χ1) is 9.47. The fraction of sp³-hybridized carbons (Fsp3) is 0.0833. The number of aromatic nitrogens is 1. The highest BCUT2D eigenvalue weighted by Gasteiger charge is 2.17. The molecule has 1 aromatic carbocycles. The molecule has 0 saturated carbocycles. The molecule has 2 aromatic rings. The summed E-state index contributed by atoms with van der Waals surface area (Å²) in [5, 5.41) is 0. The second-order valence-electron chi connectivity index (χ2n) is 3.70. The van der Waals surface area contributed by atoms with Crippen LogP contribution in [0, 0.1) is 5.82 Å². The summed E-state index contributed by atoms with van der Waals surface area (Å²) in [6.07, 6.45) is 1.01. The molecule has 20 heavy (non-hydrogen) atoms. The van der Waals surface area contributed by atoms with E-state index in [2.05, 4.69) is 25.7 Å². The maximum absolute atomic E-state index is 13.7. The lowest BCUT2D eigenvalue weighted by Crippen LogP contribution is -2.21. The molecule has 0 unspecified atom stereocenters. The normalized spacial score (nSPS) is 10.3. The maximum atomic E-state index is 13.7. The van der Waals surface area contributed by atoms with Gasteiger partial charge in [-0.1, -0.05) is 15.9 Å². The first kappa shape index (κ1) is 14.2. The minimum absolute atomic E-state index is 0.0685. The minimum atomic E-state index is -0.878. The van der Waals surface area contributed by atoms with E-state index >= 15 is 0 Å². The number of amides is 1. The highest BCUT2D eigenvalue weighted by Crippen LogP contribution is 2.25. The van der Waals surface area contributed by atoms with Crippen LogP contribution in [0.15, 0.2) is 33.4 Å². The third-order valence-corrected chi connectivity index (χ3v) is 2.71. The van der Waals surface area contributed by atoms with Gasteiger partial charge in [0.15, 0.2) is 12.3 Å². The number of carbonyl (C=O) groups excluding carboxylic acids is 2. The van der Waals surface area contributed by atoms with Gasteiger partial charge >= 0.3 is 5.97 Å². The number of esters is 1. The van der Waals surface area contributed by atoms with Crippen molar-refractivity contribution in [1.29, 1.82) is 0 Å². The molecule has 6 nitrogen and oxygen atoms in total. The molecule has 1 amide bonds. The molecule has 0 bridgehead atoms. The van der Waals surface area contributed by atoms with Gasteiger partial charge < -0.3 is 14.9 Å². The van der Waals surface area contributed by atoms with Gasteiger partial charge in [-0.15, -0.1) is 0 Å². The Kier molecular flexibility index (Phi) is 4.14. The zero-order valence-corrected chi connectivity index (χ0v) is 11.5. The summed E-state index contributed by atoms with van der Waals surface area (Å²) in [4.78, 5) is 25.8. The molecule has 0 aliphatic heterocycles. The fourth-order valence-corrected chi connectivity index (χ4v) is 1.70. The molecule has 0 spiro atoms. The zero-order chi connectivity index (χ0) is 14.7. The Labute approximate surface area is 120 Å². The van der Waals surface area contributed by atoms with Crippen LogP contribution in [0.25, 0.3) is 11.5 Å². The van der Waals surface area contributed by atoms with Crippen LogP contribution in [0.4, 0.5) is 4.39 Å². The Morgan fingerprint density at radius 3 is 2.85 bits per heavy atom. The quantitative estimate of drug-likeness (QED) is 0.856. The molecule has 0 atom stereocenters. The van der Waals surface area contributed by atoms with Gasteiger partial charge in [0.2, 0.25) is 5.89 Å². The van der Waals surface area contributed by atoms with Crippen molar-refractivity contribution in [1.82, 2.24) is 4.98 Å². The van der Waals surface area contributed by atoms with Crippen LogP contribution in [-0.4, -0.2) is 23.5 Å². The highest BCUT2D eigenvalue weighted by atomic mass is 79.9. The average Bonchev–Trinajstić information content (AvgIpc) is 2.85. The smallest absolute Gasteiger partial charge is 0.360 e. The molecular formula is C12H8BrFN2O4. The van der Waals surface area contributed by atoms with Crippen molar-refractivity contribution in [2.24, 2.45) is 5.73 Å². The summed E-state index contributed by atoms with van der Waals surface area (Å²) in [6, 6.07) is 4.29. The Morgan fingerprint density at radius 2 is 2.20 bits per heavy atom. The van der Waals surface area contributed by atoms with Crippen LogP contribution >= 0.6 is 15.9 Å². The van der Waals surface area contributed by atoms with Crippen molar-refractivity contribution < 1.29 is 23.1 Å². The Bertz CT molecular complexity index is 671. The van der Waals surface area contributed by atoms with Crippen LogP contribution in [0.2, 0.25) is 0 Å². The van der Waals surface area contributed by atoms with E-state index in [9.17, 15) is 14.0 Å².